The number of aromatic hydroxyl groups is 1. The lowest BCUT2D eigenvalue weighted by Crippen LogP contribution is -2.42. The van der Waals surface area contributed by atoms with Crippen LogP contribution in [0, 0.1) is 18.3 Å². The summed E-state index contributed by atoms with van der Waals surface area (Å²) in [5.41, 5.74) is -0.132. The van der Waals surface area contributed by atoms with Gasteiger partial charge in [0.2, 0.25) is 5.95 Å². The van der Waals surface area contributed by atoms with Crippen LogP contribution in [0.25, 0.3) is 11.3 Å². The molecule has 1 aromatic carbocycles. The average Bonchev–Trinajstić information content (AvgIpc) is 2.66. The minimum atomic E-state index is -4.54. The molecule has 1 aliphatic rings. The van der Waals surface area contributed by atoms with Gasteiger partial charge in [-0.25, -0.2) is 4.98 Å². The summed E-state index contributed by atoms with van der Waals surface area (Å²) < 4.78 is 38.3. The number of anilines is 1. The molecule has 29 heavy (non-hydrogen) atoms. The fourth-order valence-corrected chi connectivity index (χ4v) is 3.39. The van der Waals surface area contributed by atoms with E-state index in [9.17, 15) is 18.3 Å². The minimum absolute atomic E-state index is 0.119. The van der Waals surface area contributed by atoms with Crippen LogP contribution < -0.4 is 5.32 Å². The van der Waals surface area contributed by atoms with E-state index in [0.717, 1.165) is 44.6 Å². The van der Waals surface area contributed by atoms with Crippen LogP contribution >= 0.6 is 0 Å². The molecule has 1 fully saturated rings. The van der Waals surface area contributed by atoms with Crippen molar-refractivity contribution in [1.82, 2.24) is 20.1 Å². The fourth-order valence-electron chi connectivity index (χ4n) is 3.39. The van der Waals surface area contributed by atoms with E-state index in [4.69, 9.17) is 5.26 Å². The highest BCUT2D eigenvalue weighted by Gasteiger charge is 2.31. The first-order chi connectivity index (χ1) is 13.8. The molecule has 0 unspecified atom stereocenters. The quantitative estimate of drug-likeness (QED) is 0.786. The first-order valence-electron chi connectivity index (χ1n) is 9.25. The van der Waals surface area contributed by atoms with E-state index >= 15 is 0 Å². The van der Waals surface area contributed by atoms with E-state index in [1.54, 1.807) is 6.92 Å². The zero-order valence-electron chi connectivity index (χ0n) is 15.9. The second-order valence-corrected chi connectivity index (χ2v) is 6.99. The van der Waals surface area contributed by atoms with Crippen molar-refractivity contribution >= 4 is 5.95 Å². The Kier molecular flexibility index (Phi) is 6.17. The fraction of sp³-hybridized carbons (Fsp3) is 0.474. The van der Waals surface area contributed by atoms with Gasteiger partial charge in [-0.2, -0.15) is 18.4 Å². The predicted molar refractivity (Wildman–Crippen MR) is 100.0 cm³/mol. The Bertz CT molecular complexity index is 912. The maximum atomic E-state index is 12.8. The van der Waals surface area contributed by atoms with Crippen molar-refractivity contribution < 1.29 is 18.3 Å². The summed E-state index contributed by atoms with van der Waals surface area (Å²) in [6.45, 7) is 4.10. The number of piperidine rings is 1. The summed E-state index contributed by atoms with van der Waals surface area (Å²) >= 11 is 0. The number of nitriles is 1. The van der Waals surface area contributed by atoms with Crippen LogP contribution in [0.4, 0.5) is 19.1 Å². The molecule has 3 rings (SSSR count). The summed E-state index contributed by atoms with van der Waals surface area (Å²) in [7, 11) is 0. The molecule has 1 saturated heterocycles. The van der Waals surface area contributed by atoms with E-state index in [0.29, 0.717) is 24.1 Å². The van der Waals surface area contributed by atoms with Crippen molar-refractivity contribution in [2.24, 2.45) is 0 Å². The van der Waals surface area contributed by atoms with Crippen LogP contribution in [-0.2, 0) is 6.18 Å². The highest BCUT2D eigenvalue weighted by atomic mass is 19.4. The van der Waals surface area contributed by atoms with Crippen LogP contribution in [0.5, 0.6) is 5.75 Å². The van der Waals surface area contributed by atoms with Crippen LogP contribution in [0.15, 0.2) is 18.2 Å². The minimum Gasteiger partial charge on any atom is -0.507 e. The highest BCUT2D eigenvalue weighted by Crippen LogP contribution is 2.36. The van der Waals surface area contributed by atoms with Crippen molar-refractivity contribution in [2.45, 2.75) is 38.4 Å². The Morgan fingerprint density at radius 1 is 1.34 bits per heavy atom. The van der Waals surface area contributed by atoms with E-state index in [1.165, 1.54) is 0 Å². The molecule has 0 radical (unpaired) electrons. The van der Waals surface area contributed by atoms with E-state index in [-0.39, 0.29) is 17.3 Å². The van der Waals surface area contributed by atoms with Crippen LogP contribution in [0.3, 0.4) is 0 Å². The summed E-state index contributed by atoms with van der Waals surface area (Å²) in [5, 5.41) is 30.1. The Hall–Kier alpha value is -2.93. The number of aromatic nitrogens is 3. The number of phenolic OH excluding ortho intramolecular Hbond substituents is 1. The van der Waals surface area contributed by atoms with Gasteiger partial charge in [-0.3, -0.25) is 0 Å². The van der Waals surface area contributed by atoms with Gasteiger partial charge in [0.05, 0.1) is 17.3 Å². The monoisotopic (exact) mass is 406 g/mol. The van der Waals surface area contributed by atoms with Crippen molar-refractivity contribution in [1.29, 1.82) is 5.26 Å². The van der Waals surface area contributed by atoms with Crippen LogP contribution in [0.2, 0.25) is 0 Å². The molecule has 1 atom stereocenters. The molecular weight excluding hydrogens is 385 g/mol. The van der Waals surface area contributed by atoms with Gasteiger partial charge < -0.3 is 15.3 Å². The standard InChI is InChI=1S/C19H21F3N6O/c1-12-17(15-6-5-13(10-16(15)29)19(20,21)22)26-27-18(24-12)25-14-4-2-8-28(11-14)9-3-7-23/h5-6,10,14,29H,2-4,8-9,11H2,1H3,(H,24,25,27)/t14-/m1/s1. The second kappa shape index (κ2) is 8.61. The number of rotatable bonds is 5. The molecule has 0 saturated carbocycles. The van der Waals surface area contributed by atoms with Gasteiger partial charge in [0.1, 0.15) is 11.4 Å². The normalized spacial score (nSPS) is 17.7. The van der Waals surface area contributed by atoms with Crippen molar-refractivity contribution in [3.63, 3.8) is 0 Å². The third kappa shape index (κ3) is 5.12. The Morgan fingerprint density at radius 2 is 2.14 bits per heavy atom. The lowest BCUT2D eigenvalue weighted by atomic mass is 10.1. The summed E-state index contributed by atoms with van der Waals surface area (Å²) in [5.74, 6) is -0.204. The Balaban J connectivity index is 1.73. The second-order valence-electron chi connectivity index (χ2n) is 6.99. The van der Waals surface area contributed by atoms with Crippen molar-refractivity contribution in [3.05, 3.63) is 29.5 Å². The molecule has 0 aliphatic carbocycles. The molecule has 0 bridgehead atoms. The zero-order chi connectivity index (χ0) is 21.0. The lowest BCUT2D eigenvalue weighted by Gasteiger charge is -2.32. The maximum Gasteiger partial charge on any atom is 0.416 e. The maximum absolute atomic E-state index is 12.8. The van der Waals surface area contributed by atoms with E-state index in [1.807, 2.05) is 0 Å². The number of nitrogens with one attached hydrogen (secondary N) is 1. The summed E-state index contributed by atoms with van der Waals surface area (Å²) in [6.07, 6.45) is -2.13. The molecule has 2 aromatic rings. The number of nitrogens with zero attached hydrogens (tertiary/aromatic N) is 5. The van der Waals surface area contributed by atoms with E-state index < -0.39 is 17.5 Å². The number of hydrogen-bond acceptors (Lipinski definition) is 7. The number of alkyl halides is 3. The average molecular weight is 406 g/mol. The molecule has 0 amide bonds. The smallest absolute Gasteiger partial charge is 0.416 e. The van der Waals surface area contributed by atoms with Crippen LogP contribution in [0.1, 0.15) is 30.5 Å². The molecule has 0 spiro atoms. The number of phenols is 1. The Morgan fingerprint density at radius 3 is 2.79 bits per heavy atom. The van der Waals surface area contributed by atoms with Crippen LogP contribution in [-0.4, -0.2) is 50.9 Å². The number of hydrogen-bond donors (Lipinski definition) is 2. The Labute approximate surface area is 166 Å². The number of likely N-dealkylation sites (tertiary alicyclic amines) is 1. The van der Waals surface area contributed by atoms with Gasteiger partial charge in [0.15, 0.2) is 0 Å². The summed E-state index contributed by atoms with van der Waals surface area (Å²) in [6, 6.07) is 4.99. The molecular formula is C19H21F3N6O. The van der Waals surface area contributed by atoms with Crippen molar-refractivity contribution in [2.75, 3.05) is 25.0 Å². The van der Waals surface area contributed by atoms with Gasteiger partial charge in [0, 0.05) is 31.1 Å². The summed E-state index contributed by atoms with van der Waals surface area (Å²) in [4.78, 5) is 6.56. The molecule has 1 aliphatic heterocycles. The topological polar surface area (TPSA) is 98.0 Å². The lowest BCUT2D eigenvalue weighted by molar-refractivity contribution is -0.137. The molecule has 2 heterocycles. The number of halogens is 3. The van der Waals surface area contributed by atoms with Crippen molar-refractivity contribution in [3.8, 4) is 23.1 Å². The molecule has 7 nitrogen and oxygen atoms in total. The largest absolute Gasteiger partial charge is 0.507 e. The SMILES string of the molecule is Cc1nc(N[C@@H]2CCCN(CCC#N)C2)nnc1-c1ccc(C(F)(F)F)cc1O. The van der Waals surface area contributed by atoms with Gasteiger partial charge in [-0.1, -0.05) is 0 Å². The third-order valence-corrected chi connectivity index (χ3v) is 4.82. The molecule has 10 heteroatoms. The molecule has 154 valence electrons. The molecule has 1 aromatic heterocycles. The first kappa shape index (κ1) is 20.8. The van der Waals surface area contributed by atoms with E-state index in [2.05, 4.69) is 31.5 Å². The molecule has 2 N–H and O–H groups in total. The number of benzene rings is 1. The zero-order valence-corrected chi connectivity index (χ0v) is 15.9. The number of aryl methyl sites for hydroxylation is 1. The van der Waals surface area contributed by atoms with Gasteiger partial charge in [-0.05, 0) is 44.5 Å². The first-order valence-corrected chi connectivity index (χ1v) is 9.25. The third-order valence-electron chi connectivity index (χ3n) is 4.82. The van der Waals surface area contributed by atoms with Gasteiger partial charge in [0.25, 0.3) is 0 Å². The predicted octanol–water partition coefficient (Wildman–Crippen LogP) is 3.36. The highest BCUT2D eigenvalue weighted by molar-refractivity contribution is 5.69. The van der Waals surface area contributed by atoms with Gasteiger partial charge in [-0.15, -0.1) is 10.2 Å². The van der Waals surface area contributed by atoms with Gasteiger partial charge >= 0.3 is 6.18 Å².